The van der Waals surface area contributed by atoms with E-state index in [4.69, 9.17) is 0 Å². The summed E-state index contributed by atoms with van der Waals surface area (Å²) in [6, 6.07) is 0.920. The van der Waals surface area contributed by atoms with E-state index in [9.17, 15) is 0 Å². The fourth-order valence-corrected chi connectivity index (χ4v) is 5.93. The van der Waals surface area contributed by atoms with Gasteiger partial charge in [-0.2, -0.15) is 0 Å². The Kier molecular flexibility index (Phi) is 3.15. The van der Waals surface area contributed by atoms with Crippen molar-refractivity contribution in [3.8, 4) is 0 Å². The van der Waals surface area contributed by atoms with Crippen LogP contribution in [0.1, 0.15) is 57.8 Å². The van der Waals surface area contributed by atoms with E-state index in [1.54, 1.807) is 19.3 Å². The molecule has 0 aliphatic heterocycles. The van der Waals surface area contributed by atoms with Crippen LogP contribution in [-0.2, 0) is 0 Å². The molecular formula is C17H30N2. The molecule has 4 rings (SSSR count). The Morgan fingerprint density at radius 1 is 1.00 bits per heavy atom. The highest BCUT2D eigenvalue weighted by Gasteiger charge is 2.64. The highest BCUT2D eigenvalue weighted by Crippen LogP contribution is 2.65. The standard InChI is InChI=1S/C17H30N2/c1-18-17(7-3-2-4-8-17)9-10-19-16-14-12-5-6-13(11-12)15(14)16/h12-16,18-19H,2-11H2,1H3. The van der Waals surface area contributed by atoms with Crippen LogP contribution in [-0.4, -0.2) is 25.2 Å². The zero-order valence-corrected chi connectivity index (χ0v) is 12.5. The molecule has 2 N–H and O–H groups in total. The van der Waals surface area contributed by atoms with Crippen molar-refractivity contribution in [1.82, 2.24) is 10.6 Å². The Balaban J connectivity index is 1.25. The van der Waals surface area contributed by atoms with Crippen LogP contribution < -0.4 is 10.6 Å². The molecule has 2 heteroatoms. The van der Waals surface area contributed by atoms with Crippen LogP contribution in [0.4, 0.5) is 0 Å². The molecule has 4 atom stereocenters. The Morgan fingerprint density at radius 2 is 1.68 bits per heavy atom. The van der Waals surface area contributed by atoms with Crippen LogP contribution in [0, 0.1) is 23.7 Å². The Bertz CT molecular complexity index is 318. The van der Waals surface area contributed by atoms with Gasteiger partial charge in [0, 0.05) is 11.6 Å². The van der Waals surface area contributed by atoms with Gasteiger partial charge in [0.25, 0.3) is 0 Å². The molecule has 4 aliphatic rings. The molecule has 0 aromatic carbocycles. The van der Waals surface area contributed by atoms with E-state index in [1.165, 1.54) is 45.1 Å². The first kappa shape index (κ1) is 12.6. The minimum Gasteiger partial charge on any atom is -0.314 e. The maximum atomic E-state index is 3.93. The SMILES string of the molecule is CNC1(CCNC2C3C4CCC(C4)C23)CCCCC1. The summed E-state index contributed by atoms with van der Waals surface area (Å²) in [7, 11) is 2.18. The van der Waals surface area contributed by atoms with Crippen molar-refractivity contribution in [3.63, 3.8) is 0 Å². The summed E-state index contributed by atoms with van der Waals surface area (Å²) in [5, 5.41) is 7.58. The lowest BCUT2D eigenvalue weighted by atomic mass is 9.79. The maximum Gasteiger partial charge on any atom is 0.0190 e. The first-order valence-electron chi connectivity index (χ1n) is 8.75. The first-order chi connectivity index (χ1) is 9.33. The summed E-state index contributed by atoms with van der Waals surface area (Å²) in [6.45, 7) is 1.25. The van der Waals surface area contributed by atoms with Crippen molar-refractivity contribution in [2.75, 3.05) is 13.6 Å². The van der Waals surface area contributed by atoms with Gasteiger partial charge in [-0.25, -0.2) is 0 Å². The summed E-state index contributed by atoms with van der Waals surface area (Å²) in [5.74, 6) is 4.41. The van der Waals surface area contributed by atoms with Crippen LogP contribution >= 0.6 is 0 Å². The summed E-state index contributed by atoms with van der Waals surface area (Å²) < 4.78 is 0. The third kappa shape index (κ3) is 2.06. The molecule has 0 radical (unpaired) electrons. The number of nitrogens with one attached hydrogen (secondary N) is 2. The van der Waals surface area contributed by atoms with Crippen LogP contribution in [0.3, 0.4) is 0 Å². The molecule has 4 unspecified atom stereocenters. The molecule has 0 amide bonds. The summed E-state index contributed by atoms with van der Waals surface area (Å²) >= 11 is 0. The van der Waals surface area contributed by atoms with Crippen LogP contribution in [0.25, 0.3) is 0 Å². The van der Waals surface area contributed by atoms with E-state index in [0.717, 1.165) is 29.7 Å². The van der Waals surface area contributed by atoms with E-state index in [2.05, 4.69) is 17.7 Å². The quantitative estimate of drug-likeness (QED) is 0.796. The molecule has 2 bridgehead atoms. The number of rotatable bonds is 5. The third-order valence-corrected chi connectivity index (χ3v) is 7.06. The van der Waals surface area contributed by atoms with Crippen molar-refractivity contribution < 1.29 is 0 Å². The lowest BCUT2D eigenvalue weighted by Gasteiger charge is -2.37. The Morgan fingerprint density at radius 3 is 2.32 bits per heavy atom. The molecule has 19 heavy (non-hydrogen) atoms. The first-order valence-corrected chi connectivity index (χ1v) is 8.75. The van der Waals surface area contributed by atoms with E-state index in [-0.39, 0.29) is 0 Å². The lowest BCUT2D eigenvalue weighted by molar-refractivity contribution is 0.226. The summed E-state index contributed by atoms with van der Waals surface area (Å²) in [5.41, 5.74) is 0.467. The van der Waals surface area contributed by atoms with Crippen molar-refractivity contribution >= 4 is 0 Å². The van der Waals surface area contributed by atoms with Crippen LogP contribution in [0.15, 0.2) is 0 Å². The second kappa shape index (κ2) is 4.73. The molecule has 108 valence electrons. The molecule has 2 nitrogen and oxygen atoms in total. The Labute approximate surface area is 118 Å². The molecule has 4 fully saturated rings. The monoisotopic (exact) mass is 262 g/mol. The Hall–Kier alpha value is -0.0800. The van der Waals surface area contributed by atoms with Crippen molar-refractivity contribution in [2.45, 2.75) is 69.4 Å². The molecule has 0 saturated heterocycles. The van der Waals surface area contributed by atoms with Crippen molar-refractivity contribution in [1.29, 1.82) is 0 Å². The second-order valence-corrected chi connectivity index (χ2v) is 7.81. The molecule has 4 saturated carbocycles. The summed E-state index contributed by atoms with van der Waals surface area (Å²) in [6.07, 6.45) is 13.1. The fraction of sp³-hybridized carbons (Fsp3) is 1.00. The molecular weight excluding hydrogens is 232 g/mol. The number of hydrogen-bond donors (Lipinski definition) is 2. The van der Waals surface area contributed by atoms with Gasteiger partial charge in [0.1, 0.15) is 0 Å². The topological polar surface area (TPSA) is 24.1 Å². The van der Waals surface area contributed by atoms with Crippen molar-refractivity contribution in [3.05, 3.63) is 0 Å². The third-order valence-electron chi connectivity index (χ3n) is 7.06. The van der Waals surface area contributed by atoms with Gasteiger partial charge in [-0.1, -0.05) is 19.3 Å². The smallest absolute Gasteiger partial charge is 0.0190 e. The highest BCUT2D eigenvalue weighted by molar-refractivity contribution is 5.16. The van der Waals surface area contributed by atoms with Crippen LogP contribution in [0.5, 0.6) is 0 Å². The van der Waals surface area contributed by atoms with Crippen LogP contribution in [0.2, 0.25) is 0 Å². The average molecular weight is 262 g/mol. The van der Waals surface area contributed by atoms with E-state index in [0.29, 0.717) is 5.54 Å². The minimum atomic E-state index is 0.467. The zero-order valence-electron chi connectivity index (χ0n) is 12.5. The average Bonchev–Trinajstić information content (AvgIpc) is 2.84. The molecule has 0 heterocycles. The fourth-order valence-electron chi connectivity index (χ4n) is 5.93. The predicted octanol–water partition coefficient (Wildman–Crippen LogP) is 2.93. The molecule has 4 aliphatic carbocycles. The van der Waals surface area contributed by atoms with Gasteiger partial charge in [-0.3, -0.25) is 0 Å². The van der Waals surface area contributed by atoms with E-state index < -0.39 is 0 Å². The normalized spacial score (nSPS) is 46.3. The van der Waals surface area contributed by atoms with E-state index in [1.807, 2.05) is 0 Å². The molecule has 0 spiro atoms. The van der Waals surface area contributed by atoms with Gasteiger partial charge in [-0.05, 0) is 75.8 Å². The second-order valence-electron chi connectivity index (χ2n) is 7.81. The minimum absolute atomic E-state index is 0.467. The van der Waals surface area contributed by atoms with Gasteiger partial charge in [-0.15, -0.1) is 0 Å². The largest absolute Gasteiger partial charge is 0.314 e. The van der Waals surface area contributed by atoms with Gasteiger partial charge < -0.3 is 10.6 Å². The zero-order chi connectivity index (χ0) is 12.9. The van der Waals surface area contributed by atoms with Gasteiger partial charge >= 0.3 is 0 Å². The highest BCUT2D eigenvalue weighted by atomic mass is 15.0. The van der Waals surface area contributed by atoms with E-state index >= 15 is 0 Å². The predicted molar refractivity (Wildman–Crippen MR) is 79.1 cm³/mol. The van der Waals surface area contributed by atoms with Gasteiger partial charge in [0.15, 0.2) is 0 Å². The number of hydrogen-bond acceptors (Lipinski definition) is 2. The summed E-state index contributed by atoms with van der Waals surface area (Å²) in [4.78, 5) is 0. The maximum absolute atomic E-state index is 3.93. The lowest BCUT2D eigenvalue weighted by Crippen LogP contribution is -2.46. The van der Waals surface area contributed by atoms with Gasteiger partial charge in [0.2, 0.25) is 0 Å². The molecule has 0 aromatic heterocycles. The van der Waals surface area contributed by atoms with Gasteiger partial charge in [0.05, 0.1) is 0 Å². The van der Waals surface area contributed by atoms with Crippen molar-refractivity contribution in [2.24, 2.45) is 23.7 Å². The number of fused-ring (bicyclic) bond motifs is 5. The molecule has 0 aromatic rings.